The van der Waals surface area contributed by atoms with Gasteiger partial charge >= 0.3 is 7.60 Å². The van der Waals surface area contributed by atoms with Crippen molar-refractivity contribution in [2.75, 3.05) is 0 Å². The fraction of sp³-hybridized carbons (Fsp3) is 0. The second-order valence-corrected chi connectivity index (χ2v) is 3.21. The van der Waals surface area contributed by atoms with Crippen molar-refractivity contribution in [3.8, 4) is 0 Å². The highest BCUT2D eigenvalue weighted by Crippen LogP contribution is 2.35. The smallest absolute Gasteiger partial charge is 0.319 e. The molecule has 0 aliphatic heterocycles. The van der Waals surface area contributed by atoms with Crippen molar-refractivity contribution in [3.63, 3.8) is 0 Å². The Morgan fingerprint density at radius 1 is 1.42 bits per heavy atom. The van der Waals surface area contributed by atoms with Crippen molar-refractivity contribution in [1.82, 2.24) is 5.06 Å². The van der Waals surface area contributed by atoms with Crippen molar-refractivity contribution in [2.45, 2.75) is 0 Å². The average molecular weight is 195 g/mol. The highest BCUT2D eigenvalue weighted by atomic mass is 31.2. The van der Waals surface area contributed by atoms with Crippen molar-refractivity contribution < 1.29 is 29.1 Å². The van der Waals surface area contributed by atoms with Gasteiger partial charge in [-0.05, 0) is 0 Å². The summed E-state index contributed by atoms with van der Waals surface area (Å²) < 4.78 is 10.1. The molecule has 0 fully saturated rings. The van der Waals surface area contributed by atoms with Crippen LogP contribution in [0.5, 0.6) is 0 Å². The molecule has 0 radical (unpaired) electrons. The molecule has 68 valence electrons. The number of carbonyl (C=O) groups excluding carboxylic acids is 2. The normalized spacial score (nSPS) is 11.6. The van der Waals surface area contributed by atoms with E-state index in [1.54, 1.807) is 0 Å². The fourth-order valence-corrected chi connectivity index (χ4v) is 0.533. The Morgan fingerprint density at radius 3 is 2.25 bits per heavy atom. The maximum Gasteiger partial charge on any atom is 0.395 e. The Labute approximate surface area is 67.0 Å². The van der Waals surface area contributed by atoms with Crippen molar-refractivity contribution in [2.24, 2.45) is 0 Å². The first kappa shape index (κ1) is 11.0. The first-order chi connectivity index (χ1) is 5.38. The van der Waals surface area contributed by atoms with E-state index >= 15 is 0 Å². The van der Waals surface area contributed by atoms with E-state index in [9.17, 15) is 14.2 Å². The first-order valence-corrected chi connectivity index (χ1v) is 4.20. The van der Waals surface area contributed by atoms with Gasteiger partial charge in [-0.1, -0.05) is 0 Å². The molecular weight excluding hydrogens is 189 g/mol. The second-order valence-electron chi connectivity index (χ2n) is 1.68. The van der Waals surface area contributed by atoms with Crippen LogP contribution in [0.4, 0.5) is 0 Å². The van der Waals surface area contributed by atoms with Gasteiger partial charge in [-0.2, -0.15) is 0 Å². The molecule has 1 amide bonds. The van der Waals surface area contributed by atoms with Crippen LogP contribution in [0, 0.1) is 0 Å². The predicted octanol–water partition coefficient (Wildman–Crippen LogP) is -0.948. The van der Waals surface area contributed by atoms with E-state index < -0.39 is 13.1 Å². The molecule has 0 rings (SSSR count). The summed E-state index contributed by atoms with van der Waals surface area (Å²) in [5.41, 5.74) is -1.48. The van der Waals surface area contributed by atoms with Crippen LogP contribution in [0.15, 0.2) is 12.3 Å². The van der Waals surface area contributed by atoms with E-state index in [1.165, 1.54) is 0 Å². The fourth-order valence-electron chi connectivity index (χ4n) is 0.272. The number of carbonyl (C=O) groups is 2. The van der Waals surface area contributed by atoms with Crippen LogP contribution < -0.4 is 0 Å². The van der Waals surface area contributed by atoms with Gasteiger partial charge in [0.15, 0.2) is 0 Å². The minimum Gasteiger partial charge on any atom is -0.319 e. The van der Waals surface area contributed by atoms with Crippen LogP contribution >= 0.6 is 7.60 Å². The van der Waals surface area contributed by atoms with Crippen molar-refractivity contribution in [1.29, 1.82) is 0 Å². The largest absolute Gasteiger partial charge is 0.395 e. The van der Waals surface area contributed by atoms with Crippen LogP contribution in [-0.2, 0) is 14.2 Å². The number of nitrogens with zero attached hydrogens (tertiary/aromatic N) is 1. The zero-order valence-corrected chi connectivity index (χ0v) is 6.59. The molecule has 0 aromatic rings. The molecule has 0 unspecified atom stereocenters. The lowest BCUT2D eigenvalue weighted by atomic mass is 10.7. The summed E-state index contributed by atoms with van der Waals surface area (Å²) in [5, 5.41) is 8.30. The number of hydrogen-bond acceptors (Lipinski definition) is 4. The third-order valence-electron chi connectivity index (χ3n) is 0.765. The molecule has 0 aromatic carbocycles. The van der Waals surface area contributed by atoms with E-state index in [0.29, 0.717) is 12.3 Å². The molecule has 0 aliphatic carbocycles. The summed E-state index contributed by atoms with van der Waals surface area (Å²) in [5.74, 6) is 0. The first-order valence-electron chi connectivity index (χ1n) is 2.58. The summed E-state index contributed by atoms with van der Waals surface area (Å²) >= 11 is 0. The van der Waals surface area contributed by atoms with Gasteiger partial charge < -0.3 is 9.79 Å². The van der Waals surface area contributed by atoms with Gasteiger partial charge in [-0.25, -0.2) is 5.06 Å². The van der Waals surface area contributed by atoms with Crippen molar-refractivity contribution >= 4 is 19.5 Å². The summed E-state index contributed by atoms with van der Waals surface area (Å²) in [4.78, 5) is 36.5. The SMILES string of the molecule is O=CN(O)C=CC(=O)P(=O)(O)O. The maximum absolute atomic E-state index is 10.4. The molecule has 3 N–H and O–H groups in total. The number of rotatable bonds is 4. The molecule has 12 heavy (non-hydrogen) atoms. The third kappa shape index (κ3) is 3.99. The Bertz CT molecular complexity index is 254. The number of hydroxylamine groups is 2. The van der Waals surface area contributed by atoms with Crippen LogP contribution in [0.3, 0.4) is 0 Å². The third-order valence-corrected chi connectivity index (χ3v) is 1.49. The number of allylic oxidation sites excluding steroid dienone is 1. The molecule has 0 aromatic heterocycles. The van der Waals surface area contributed by atoms with E-state index in [2.05, 4.69) is 0 Å². The van der Waals surface area contributed by atoms with E-state index in [-0.39, 0.29) is 11.5 Å². The maximum atomic E-state index is 10.4. The zero-order chi connectivity index (χ0) is 9.78. The molecule has 0 spiro atoms. The quantitative estimate of drug-likeness (QED) is 0.175. The molecule has 0 saturated carbocycles. The number of hydrogen-bond donors (Lipinski definition) is 3. The second kappa shape index (κ2) is 4.13. The summed E-state index contributed by atoms with van der Waals surface area (Å²) in [6.45, 7) is 0. The van der Waals surface area contributed by atoms with Gasteiger partial charge in [0.05, 0.1) is 0 Å². The standard InChI is InChI=1S/C4H6NO6P/c6-3-5(8)2-1-4(7)12(9,10)11/h1-3,8H,(H2,9,10,11). The molecule has 0 heterocycles. The zero-order valence-electron chi connectivity index (χ0n) is 5.69. The van der Waals surface area contributed by atoms with Crippen molar-refractivity contribution in [3.05, 3.63) is 12.3 Å². The minimum absolute atomic E-state index is 0.0481. The minimum atomic E-state index is -4.80. The highest BCUT2D eigenvalue weighted by Gasteiger charge is 2.22. The summed E-state index contributed by atoms with van der Waals surface area (Å²) in [6.07, 6.45) is 0.868. The molecule has 8 heteroatoms. The van der Waals surface area contributed by atoms with Gasteiger partial charge in [0, 0.05) is 12.3 Å². The molecular formula is C4H6NO6P. The molecule has 0 saturated heterocycles. The van der Waals surface area contributed by atoms with Gasteiger partial charge in [0.1, 0.15) is 0 Å². The average Bonchev–Trinajstić information content (AvgIpc) is 1.97. The topological polar surface area (TPSA) is 115 Å². The van der Waals surface area contributed by atoms with Gasteiger partial charge in [0.2, 0.25) is 6.41 Å². The Hall–Kier alpha value is -1.01. The molecule has 0 atom stereocenters. The van der Waals surface area contributed by atoms with Gasteiger partial charge in [0.25, 0.3) is 5.52 Å². The van der Waals surface area contributed by atoms with Crippen LogP contribution in [-0.4, -0.2) is 32.0 Å². The lowest BCUT2D eigenvalue weighted by molar-refractivity contribution is -0.138. The van der Waals surface area contributed by atoms with Crippen LogP contribution in [0.1, 0.15) is 0 Å². The lowest BCUT2D eigenvalue weighted by Gasteiger charge is -1.99. The molecule has 0 bridgehead atoms. The van der Waals surface area contributed by atoms with Gasteiger partial charge in [-0.15, -0.1) is 0 Å². The van der Waals surface area contributed by atoms with Gasteiger partial charge in [-0.3, -0.25) is 19.4 Å². The molecule has 0 aliphatic rings. The predicted molar refractivity (Wildman–Crippen MR) is 35.9 cm³/mol. The van der Waals surface area contributed by atoms with E-state index in [1.807, 2.05) is 0 Å². The number of amides is 1. The van der Waals surface area contributed by atoms with Crippen LogP contribution in [0.2, 0.25) is 0 Å². The monoisotopic (exact) mass is 195 g/mol. The van der Waals surface area contributed by atoms with Crippen LogP contribution in [0.25, 0.3) is 0 Å². The lowest BCUT2D eigenvalue weighted by Crippen LogP contribution is -2.08. The highest BCUT2D eigenvalue weighted by molar-refractivity contribution is 7.70. The molecule has 7 nitrogen and oxygen atoms in total. The van der Waals surface area contributed by atoms with E-state index in [0.717, 1.165) is 0 Å². The van der Waals surface area contributed by atoms with E-state index in [4.69, 9.17) is 15.0 Å². The Morgan fingerprint density at radius 2 is 1.92 bits per heavy atom. The summed E-state index contributed by atoms with van der Waals surface area (Å²) in [7, 11) is -4.80. The Balaban J connectivity index is 4.29. The Kier molecular flexibility index (Phi) is 3.78. The summed E-state index contributed by atoms with van der Waals surface area (Å²) in [6, 6.07) is 0.